The second kappa shape index (κ2) is 8.63. The molecule has 0 N–H and O–H groups in total. The molecule has 4 aliphatic carbocycles. The van der Waals surface area contributed by atoms with E-state index in [1.54, 1.807) is 11.1 Å². The van der Waals surface area contributed by atoms with Gasteiger partial charge in [-0.05, 0) is 98.2 Å². The molecule has 0 aromatic carbocycles. The molecule has 4 fully saturated rings. The lowest BCUT2D eigenvalue weighted by Gasteiger charge is -2.74. The lowest BCUT2D eigenvalue weighted by Crippen LogP contribution is -2.70. The molecule has 2 unspecified atom stereocenters. The Hall–Kier alpha value is -1.30. The van der Waals surface area contributed by atoms with Crippen molar-refractivity contribution in [2.75, 3.05) is 0 Å². The first-order chi connectivity index (χ1) is 16.3. The highest BCUT2D eigenvalue weighted by Crippen LogP contribution is 2.79. The van der Waals surface area contributed by atoms with E-state index < -0.39 is 0 Å². The van der Waals surface area contributed by atoms with E-state index in [-0.39, 0.29) is 39.1 Å². The summed E-state index contributed by atoms with van der Waals surface area (Å²) in [5.74, 6) is 1.44. The first-order valence-corrected chi connectivity index (χ1v) is 14.6. The zero-order valence-corrected chi connectivity index (χ0v) is 24.1. The lowest BCUT2D eigenvalue weighted by molar-refractivity contribution is -0.259. The van der Waals surface area contributed by atoms with Crippen molar-refractivity contribution in [3.05, 3.63) is 11.1 Å². The van der Waals surface area contributed by atoms with Crippen molar-refractivity contribution in [2.24, 2.45) is 44.8 Å². The molecule has 0 aromatic heterocycles. The van der Waals surface area contributed by atoms with Gasteiger partial charge in [0.15, 0.2) is 0 Å². The van der Waals surface area contributed by atoms with E-state index in [1.165, 1.54) is 26.2 Å². The normalized spacial score (nSPS) is 46.0. The van der Waals surface area contributed by atoms with Crippen molar-refractivity contribution in [3.8, 4) is 6.07 Å². The second-order valence-corrected chi connectivity index (χ2v) is 14.2. The van der Waals surface area contributed by atoms with Crippen LogP contribution < -0.4 is 0 Å². The molecule has 0 aromatic rings. The third-order valence-corrected chi connectivity index (χ3v) is 12.7. The number of hydrogen-bond donors (Lipinski definition) is 0. The number of rotatable bonds is 3. The van der Waals surface area contributed by atoms with Gasteiger partial charge in [0.1, 0.15) is 6.10 Å². The summed E-state index contributed by atoms with van der Waals surface area (Å²) in [4.78, 5) is 11.9. The van der Waals surface area contributed by atoms with Crippen molar-refractivity contribution in [1.29, 1.82) is 5.26 Å². The van der Waals surface area contributed by atoms with Crippen LogP contribution in [0.3, 0.4) is 0 Å². The van der Waals surface area contributed by atoms with Crippen LogP contribution >= 0.6 is 0 Å². The van der Waals surface area contributed by atoms with Gasteiger partial charge in [0.05, 0.1) is 11.5 Å². The Kier molecular flexibility index (Phi) is 6.60. The molecular formula is C32H51NO2. The van der Waals surface area contributed by atoms with E-state index in [4.69, 9.17) is 4.74 Å². The van der Waals surface area contributed by atoms with Crippen LogP contribution in [0.5, 0.6) is 0 Å². The van der Waals surface area contributed by atoms with Gasteiger partial charge in [0.2, 0.25) is 0 Å². The fourth-order valence-electron chi connectivity index (χ4n) is 10.8. The minimum atomic E-state index is -0.334. The standard InChI is InChI=1S/C32H51NO2/c1-10-23(21(2)3)24-12-11-16-29(7)25(24)13-19-32(20-33)30(8)17-15-27(35-22(4)34)28(5,6)26(30)14-18-31(29,32)9/h21,25-27H,10-19H2,1-9H3/b24-23-/t25-,26?,27+,29-,30+,31+,32?/m1/s1. The summed E-state index contributed by atoms with van der Waals surface area (Å²) in [6, 6.07) is 3.11. The van der Waals surface area contributed by atoms with Crippen LogP contribution in [0.4, 0.5) is 0 Å². The van der Waals surface area contributed by atoms with Crippen LogP contribution in [0.25, 0.3) is 0 Å². The highest BCUT2D eigenvalue weighted by Gasteiger charge is 2.75. The quantitative estimate of drug-likeness (QED) is 0.299. The summed E-state index contributed by atoms with van der Waals surface area (Å²) in [5.41, 5.74) is 3.09. The number of hydrogen-bond acceptors (Lipinski definition) is 3. The maximum absolute atomic E-state index is 11.9. The van der Waals surface area contributed by atoms with Gasteiger partial charge in [-0.2, -0.15) is 5.26 Å². The minimum absolute atomic E-state index is 0.00519. The van der Waals surface area contributed by atoms with Gasteiger partial charge in [-0.3, -0.25) is 4.79 Å². The molecule has 196 valence electrons. The average molecular weight is 482 g/mol. The highest BCUT2D eigenvalue weighted by molar-refractivity contribution is 5.66. The third-order valence-electron chi connectivity index (χ3n) is 12.7. The van der Waals surface area contributed by atoms with Gasteiger partial charge in [0.25, 0.3) is 0 Å². The Morgan fingerprint density at radius 1 is 1.03 bits per heavy atom. The molecule has 7 atom stereocenters. The molecule has 3 heteroatoms. The predicted molar refractivity (Wildman–Crippen MR) is 142 cm³/mol. The number of esters is 1. The number of carbonyl (C=O) groups is 1. The Labute approximate surface area is 215 Å². The molecule has 4 aliphatic rings. The molecule has 0 radical (unpaired) electrons. The summed E-state index contributed by atoms with van der Waals surface area (Å²) < 4.78 is 5.88. The van der Waals surface area contributed by atoms with Crippen LogP contribution in [-0.4, -0.2) is 12.1 Å². The molecule has 3 nitrogen and oxygen atoms in total. The Morgan fingerprint density at radius 2 is 1.71 bits per heavy atom. The molecule has 0 bridgehead atoms. The third kappa shape index (κ3) is 3.37. The molecule has 4 rings (SSSR count). The monoisotopic (exact) mass is 481 g/mol. The Morgan fingerprint density at radius 3 is 2.29 bits per heavy atom. The van der Waals surface area contributed by atoms with Crippen molar-refractivity contribution < 1.29 is 9.53 Å². The second-order valence-electron chi connectivity index (χ2n) is 14.2. The van der Waals surface area contributed by atoms with Gasteiger partial charge in [0, 0.05) is 12.3 Å². The van der Waals surface area contributed by atoms with E-state index in [0.717, 1.165) is 44.9 Å². The van der Waals surface area contributed by atoms with E-state index in [9.17, 15) is 10.1 Å². The van der Waals surface area contributed by atoms with Crippen molar-refractivity contribution in [2.45, 2.75) is 133 Å². The highest BCUT2D eigenvalue weighted by atomic mass is 16.5. The fourth-order valence-corrected chi connectivity index (χ4v) is 10.8. The van der Waals surface area contributed by atoms with Gasteiger partial charge in [-0.25, -0.2) is 0 Å². The molecular weight excluding hydrogens is 430 g/mol. The topological polar surface area (TPSA) is 50.1 Å². The number of allylic oxidation sites excluding steroid dienone is 2. The van der Waals surface area contributed by atoms with E-state index in [2.05, 4.69) is 61.5 Å². The average Bonchev–Trinajstić information content (AvgIpc) is 2.76. The summed E-state index contributed by atoms with van der Waals surface area (Å²) >= 11 is 0. The van der Waals surface area contributed by atoms with E-state index >= 15 is 0 Å². The van der Waals surface area contributed by atoms with Gasteiger partial charge >= 0.3 is 5.97 Å². The molecule has 0 saturated heterocycles. The van der Waals surface area contributed by atoms with Crippen LogP contribution in [0.1, 0.15) is 127 Å². The first kappa shape index (κ1) is 26.8. The summed E-state index contributed by atoms with van der Waals surface area (Å²) in [6.45, 7) is 20.8. The maximum Gasteiger partial charge on any atom is 0.302 e. The molecule has 0 heterocycles. The number of nitriles is 1. The molecule has 0 aliphatic heterocycles. The molecule has 0 amide bonds. The molecule has 0 spiro atoms. The van der Waals surface area contributed by atoms with Gasteiger partial charge < -0.3 is 4.74 Å². The number of fused-ring (bicyclic) bond motifs is 5. The van der Waals surface area contributed by atoms with Crippen molar-refractivity contribution in [1.82, 2.24) is 0 Å². The van der Waals surface area contributed by atoms with Crippen molar-refractivity contribution >= 4 is 5.97 Å². The zero-order valence-electron chi connectivity index (χ0n) is 24.1. The van der Waals surface area contributed by atoms with Crippen LogP contribution in [0, 0.1) is 56.2 Å². The Balaban J connectivity index is 1.82. The first-order valence-electron chi connectivity index (χ1n) is 14.6. The summed E-state index contributed by atoms with van der Waals surface area (Å²) in [6.07, 6.45) is 11.1. The van der Waals surface area contributed by atoms with E-state index in [0.29, 0.717) is 17.8 Å². The molecule has 4 saturated carbocycles. The SMILES string of the molecule is CC/C(=C1\CCC[C@]2(C)[C@@H]1CCC1(C#N)[C@@]3(C)CC[C@H](OC(C)=O)C(C)(C)C3CC[C@]12C)C(C)C. The van der Waals surface area contributed by atoms with E-state index in [1.807, 2.05) is 0 Å². The van der Waals surface area contributed by atoms with Gasteiger partial charge in [-0.15, -0.1) is 0 Å². The van der Waals surface area contributed by atoms with Crippen LogP contribution in [0.15, 0.2) is 11.1 Å². The van der Waals surface area contributed by atoms with Gasteiger partial charge in [-0.1, -0.05) is 66.5 Å². The lowest BCUT2D eigenvalue weighted by atomic mass is 9.28. The number of ether oxygens (including phenoxy) is 1. The smallest absolute Gasteiger partial charge is 0.302 e. The minimum Gasteiger partial charge on any atom is -0.462 e. The summed E-state index contributed by atoms with van der Waals surface area (Å²) in [5, 5.41) is 11.2. The fraction of sp³-hybridized carbons (Fsp3) is 0.875. The van der Waals surface area contributed by atoms with Crippen LogP contribution in [0.2, 0.25) is 0 Å². The zero-order chi connectivity index (χ0) is 26.0. The van der Waals surface area contributed by atoms with Crippen molar-refractivity contribution in [3.63, 3.8) is 0 Å². The molecule has 35 heavy (non-hydrogen) atoms. The number of nitrogens with zero attached hydrogens (tertiary/aromatic N) is 1. The predicted octanol–water partition coefficient (Wildman–Crippen LogP) is 8.63. The summed E-state index contributed by atoms with van der Waals surface area (Å²) in [7, 11) is 0. The largest absolute Gasteiger partial charge is 0.462 e. The maximum atomic E-state index is 11.9. The number of carbonyl (C=O) groups excluding carboxylic acids is 1. The Bertz CT molecular complexity index is 940. The van der Waals surface area contributed by atoms with Crippen LogP contribution in [-0.2, 0) is 9.53 Å².